The van der Waals surface area contributed by atoms with Crippen molar-refractivity contribution in [2.24, 2.45) is 7.05 Å². The summed E-state index contributed by atoms with van der Waals surface area (Å²) in [6.45, 7) is 2.98. The number of aromatic nitrogens is 2. The van der Waals surface area contributed by atoms with E-state index in [0.717, 1.165) is 36.7 Å². The van der Waals surface area contributed by atoms with Crippen molar-refractivity contribution in [1.29, 1.82) is 0 Å². The van der Waals surface area contributed by atoms with E-state index in [-0.39, 0.29) is 0 Å². The van der Waals surface area contributed by atoms with Crippen molar-refractivity contribution in [3.63, 3.8) is 0 Å². The molecule has 1 aromatic heterocycles. The molecule has 0 unspecified atom stereocenters. The van der Waals surface area contributed by atoms with Gasteiger partial charge in [0, 0.05) is 19.8 Å². The summed E-state index contributed by atoms with van der Waals surface area (Å²) in [5.41, 5.74) is 2.32. The average Bonchev–Trinajstić information content (AvgIpc) is 2.89. The molecule has 0 bridgehead atoms. The number of benzene rings is 1. The average molecular weight is 273 g/mol. The Morgan fingerprint density at radius 2 is 2.05 bits per heavy atom. The lowest BCUT2D eigenvalue weighted by Gasteiger charge is -2.18. The van der Waals surface area contributed by atoms with Gasteiger partial charge in [-0.05, 0) is 36.7 Å². The molecule has 2 heterocycles. The molecule has 0 fully saturated rings. The standard InChI is InChI=1S/C15H19N3O2/c1-18-7-5-13(17-18)11-16-6-4-12-2-3-14-15(10-12)20-9-8-19-14/h2-3,5,7,10,16H,4,6,8-9,11H2,1H3. The van der Waals surface area contributed by atoms with Gasteiger partial charge in [0.1, 0.15) is 13.2 Å². The van der Waals surface area contributed by atoms with Gasteiger partial charge in [0.2, 0.25) is 0 Å². The molecule has 0 atom stereocenters. The highest BCUT2D eigenvalue weighted by molar-refractivity contribution is 5.43. The fourth-order valence-electron chi connectivity index (χ4n) is 2.25. The molecule has 0 saturated heterocycles. The summed E-state index contributed by atoms with van der Waals surface area (Å²) in [6, 6.07) is 8.17. The number of hydrogen-bond donors (Lipinski definition) is 1. The zero-order chi connectivity index (χ0) is 13.8. The van der Waals surface area contributed by atoms with Crippen molar-refractivity contribution in [3.8, 4) is 11.5 Å². The Morgan fingerprint density at radius 3 is 2.85 bits per heavy atom. The first-order valence-corrected chi connectivity index (χ1v) is 6.89. The second-order valence-corrected chi connectivity index (χ2v) is 4.89. The van der Waals surface area contributed by atoms with Crippen LogP contribution >= 0.6 is 0 Å². The fourth-order valence-corrected chi connectivity index (χ4v) is 2.25. The van der Waals surface area contributed by atoms with Gasteiger partial charge < -0.3 is 14.8 Å². The molecule has 1 N–H and O–H groups in total. The van der Waals surface area contributed by atoms with Gasteiger partial charge in [0.15, 0.2) is 11.5 Å². The molecular formula is C15H19N3O2. The predicted molar refractivity (Wildman–Crippen MR) is 76.1 cm³/mol. The highest BCUT2D eigenvalue weighted by Crippen LogP contribution is 2.30. The van der Waals surface area contributed by atoms with Crippen molar-refractivity contribution in [2.45, 2.75) is 13.0 Å². The summed E-state index contributed by atoms with van der Waals surface area (Å²) >= 11 is 0. The van der Waals surface area contributed by atoms with Crippen LogP contribution in [0.1, 0.15) is 11.3 Å². The molecule has 1 aromatic carbocycles. The number of aryl methyl sites for hydroxylation is 1. The van der Waals surface area contributed by atoms with Gasteiger partial charge in [-0.1, -0.05) is 6.07 Å². The predicted octanol–water partition coefficient (Wildman–Crippen LogP) is 1.52. The van der Waals surface area contributed by atoms with E-state index in [0.29, 0.717) is 13.2 Å². The molecule has 5 nitrogen and oxygen atoms in total. The lowest BCUT2D eigenvalue weighted by Crippen LogP contribution is -2.18. The topological polar surface area (TPSA) is 48.3 Å². The number of fused-ring (bicyclic) bond motifs is 1. The van der Waals surface area contributed by atoms with Gasteiger partial charge in [0.05, 0.1) is 5.69 Å². The zero-order valence-electron chi connectivity index (χ0n) is 11.6. The van der Waals surface area contributed by atoms with Crippen LogP contribution in [0.25, 0.3) is 0 Å². The van der Waals surface area contributed by atoms with Gasteiger partial charge in [-0.15, -0.1) is 0 Å². The van der Waals surface area contributed by atoms with Crippen molar-refractivity contribution in [1.82, 2.24) is 15.1 Å². The molecule has 1 aliphatic rings. The molecule has 0 radical (unpaired) electrons. The first-order chi connectivity index (χ1) is 9.81. The van der Waals surface area contributed by atoms with Crippen molar-refractivity contribution in [3.05, 3.63) is 41.7 Å². The fraction of sp³-hybridized carbons (Fsp3) is 0.400. The smallest absolute Gasteiger partial charge is 0.161 e. The van der Waals surface area contributed by atoms with Crippen molar-refractivity contribution >= 4 is 0 Å². The number of ether oxygens (including phenoxy) is 2. The molecule has 5 heteroatoms. The van der Waals surface area contributed by atoms with Crippen LogP contribution in [0.5, 0.6) is 11.5 Å². The molecule has 3 rings (SSSR count). The first kappa shape index (κ1) is 13.0. The third-order valence-electron chi connectivity index (χ3n) is 3.27. The van der Waals surface area contributed by atoms with Crippen LogP contribution in [-0.2, 0) is 20.0 Å². The van der Waals surface area contributed by atoms with Crippen LogP contribution in [0.3, 0.4) is 0 Å². The minimum absolute atomic E-state index is 0.633. The van der Waals surface area contributed by atoms with Gasteiger partial charge in [-0.3, -0.25) is 4.68 Å². The summed E-state index contributed by atoms with van der Waals surface area (Å²) in [7, 11) is 1.93. The lowest BCUT2D eigenvalue weighted by atomic mass is 10.1. The third-order valence-corrected chi connectivity index (χ3v) is 3.27. The number of hydrogen-bond acceptors (Lipinski definition) is 4. The molecule has 106 valence electrons. The maximum absolute atomic E-state index is 5.58. The molecule has 0 aliphatic carbocycles. The van der Waals surface area contributed by atoms with Crippen LogP contribution in [0.2, 0.25) is 0 Å². The normalized spacial score (nSPS) is 13.4. The van der Waals surface area contributed by atoms with Gasteiger partial charge in [0.25, 0.3) is 0 Å². The summed E-state index contributed by atoms with van der Waals surface area (Å²) in [6.07, 6.45) is 2.92. The maximum atomic E-state index is 5.58. The van der Waals surface area contributed by atoms with Crippen LogP contribution < -0.4 is 14.8 Å². The van der Waals surface area contributed by atoms with Gasteiger partial charge in [-0.2, -0.15) is 5.10 Å². The van der Waals surface area contributed by atoms with Crippen molar-refractivity contribution < 1.29 is 9.47 Å². The van der Waals surface area contributed by atoms with Crippen LogP contribution in [-0.4, -0.2) is 29.5 Å². The molecule has 20 heavy (non-hydrogen) atoms. The van der Waals surface area contributed by atoms with E-state index in [1.807, 2.05) is 30.1 Å². The molecule has 0 amide bonds. The first-order valence-electron chi connectivity index (χ1n) is 6.89. The number of rotatable bonds is 5. The highest BCUT2D eigenvalue weighted by Gasteiger charge is 2.11. The Bertz CT molecular complexity index is 580. The highest BCUT2D eigenvalue weighted by atomic mass is 16.6. The number of nitrogens with zero attached hydrogens (tertiary/aromatic N) is 2. The maximum Gasteiger partial charge on any atom is 0.161 e. The van der Waals surface area contributed by atoms with E-state index in [9.17, 15) is 0 Å². The van der Waals surface area contributed by atoms with Gasteiger partial charge in [-0.25, -0.2) is 0 Å². The summed E-state index contributed by atoms with van der Waals surface area (Å²) < 4.78 is 12.9. The monoisotopic (exact) mass is 273 g/mol. The van der Waals surface area contributed by atoms with Crippen LogP contribution in [0.15, 0.2) is 30.5 Å². The zero-order valence-corrected chi connectivity index (χ0v) is 11.6. The Morgan fingerprint density at radius 1 is 1.20 bits per heavy atom. The van der Waals surface area contributed by atoms with E-state index in [4.69, 9.17) is 9.47 Å². The molecule has 1 aliphatic heterocycles. The summed E-state index contributed by atoms with van der Waals surface area (Å²) in [5.74, 6) is 1.71. The Kier molecular flexibility index (Phi) is 3.87. The van der Waals surface area contributed by atoms with Crippen molar-refractivity contribution in [2.75, 3.05) is 19.8 Å². The van der Waals surface area contributed by atoms with Crippen LogP contribution in [0.4, 0.5) is 0 Å². The van der Waals surface area contributed by atoms with E-state index in [1.54, 1.807) is 0 Å². The molecule has 2 aromatic rings. The summed E-state index contributed by atoms with van der Waals surface area (Å²) in [4.78, 5) is 0. The second kappa shape index (κ2) is 5.96. The Labute approximate surface area is 118 Å². The number of nitrogens with one attached hydrogen (secondary N) is 1. The third kappa shape index (κ3) is 3.11. The van der Waals surface area contributed by atoms with E-state index in [2.05, 4.69) is 22.5 Å². The van der Waals surface area contributed by atoms with Crippen LogP contribution in [0, 0.1) is 0 Å². The largest absolute Gasteiger partial charge is 0.486 e. The van der Waals surface area contributed by atoms with E-state index in [1.165, 1.54) is 5.56 Å². The minimum atomic E-state index is 0.633. The molecule has 0 spiro atoms. The molecule has 0 saturated carbocycles. The SMILES string of the molecule is Cn1ccc(CNCCc2ccc3c(c2)OCCO3)n1. The Balaban J connectivity index is 1.48. The molecular weight excluding hydrogens is 254 g/mol. The van der Waals surface area contributed by atoms with E-state index >= 15 is 0 Å². The second-order valence-electron chi connectivity index (χ2n) is 4.89. The Hall–Kier alpha value is -2.01. The lowest BCUT2D eigenvalue weighted by molar-refractivity contribution is 0.171. The van der Waals surface area contributed by atoms with Gasteiger partial charge >= 0.3 is 0 Å². The quantitative estimate of drug-likeness (QED) is 0.839. The van der Waals surface area contributed by atoms with E-state index < -0.39 is 0 Å². The minimum Gasteiger partial charge on any atom is -0.486 e. The summed E-state index contributed by atoms with van der Waals surface area (Å²) in [5, 5.41) is 7.73.